The molecule has 2 aliphatic heterocycles. The van der Waals surface area contributed by atoms with Crippen molar-refractivity contribution in [1.82, 2.24) is 19.1 Å². The minimum absolute atomic E-state index is 0.00363. The summed E-state index contributed by atoms with van der Waals surface area (Å²) in [6.07, 6.45) is 1.82. The van der Waals surface area contributed by atoms with E-state index in [1.165, 1.54) is 4.68 Å². The second-order valence-corrected chi connectivity index (χ2v) is 11.0. The Labute approximate surface area is 222 Å². The summed E-state index contributed by atoms with van der Waals surface area (Å²) in [7, 11) is 1.61. The number of hydrogen-bond donors (Lipinski definition) is 0. The first kappa shape index (κ1) is 25.6. The Morgan fingerprint density at radius 3 is 2.66 bits per heavy atom. The van der Waals surface area contributed by atoms with Crippen molar-refractivity contribution in [2.75, 3.05) is 24.6 Å². The number of benzene rings is 1. The molecule has 0 saturated carbocycles. The second kappa shape index (κ2) is 9.38. The highest BCUT2D eigenvalue weighted by Gasteiger charge is 2.36. The van der Waals surface area contributed by atoms with E-state index < -0.39 is 0 Å². The monoisotopic (exact) mass is 515 g/mol. The Bertz CT molecular complexity index is 1540. The molecule has 38 heavy (non-hydrogen) atoms. The molecule has 4 heterocycles. The largest absolute Gasteiger partial charge is 0.486 e. The van der Waals surface area contributed by atoms with Crippen LogP contribution in [0.3, 0.4) is 0 Å². The Kier molecular flexibility index (Phi) is 6.32. The van der Waals surface area contributed by atoms with Gasteiger partial charge in [0.1, 0.15) is 29.5 Å². The number of aromatic nitrogens is 3. The molecular formula is C28H33N7O3. The number of rotatable bonds is 4. The molecular weight excluding hydrogens is 482 g/mol. The molecule has 5 rings (SSSR count). The van der Waals surface area contributed by atoms with E-state index in [-0.39, 0.29) is 41.3 Å². The van der Waals surface area contributed by atoms with Crippen LogP contribution in [-0.2, 0) is 13.5 Å². The van der Waals surface area contributed by atoms with Crippen LogP contribution >= 0.6 is 0 Å². The Balaban J connectivity index is 1.47. The summed E-state index contributed by atoms with van der Waals surface area (Å²) >= 11 is 0. The third-order valence-electron chi connectivity index (χ3n) is 7.62. The van der Waals surface area contributed by atoms with Crippen LogP contribution in [-0.4, -0.2) is 56.5 Å². The van der Waals surface area contributed by atoms with E-state index in [9.17, 15) is 15.3 Å². The average Bonchev–Trinajstić information content (AvgIpc) is 3.30. The molecule has 0 amide bonds. The third kappa shape index (κ3) is 4.25. The molecule has 1 unspecified atom stereocenters. The van der Waals surface area contributed by atoms with E-state index >= 15 is 0 Å². The van der Waals surface area contributed by atoms with Crippen molar-refractivity contribution >= 4 is 11.3 Å². The van der Waals surface area contributed by atoms with E-state index in [4.69, 9.17) is 9.47 Å². The highest BCUT2D eigenvalue weighted by atomic mass is 16.6. The molecule has 2 aliphatic rings. The van der Waals surface area contributed by atoms with Crippen LogP contribution in [0.2, 0.25) is 0 Å². The van der Waals surface area contributed by atoms with Crippen molar-refractivity contribution in [3.8, 4) is 23.6 Å². The highest BCUT2D eigenvalue weighted by Crippen LogP contribution is 2.39. The molecule has 0 bridgehead atoms. The molecule has 10 nitrogen and oxygen atoms in total. The minimum atomic E-state index is -0.384. The van der Waals surface area contributed by atoms with E-state index in [1.807, 2.05) is 19.9 Å². The summed E-state index contributed by atoms with van der Waals surface area (Å²) in [5.74, 6) is 1.53. The lowest BCUT2D eigenvalue weighted by Gasteiger charge is -2.48. The second-order valence-electron chi connectivity index (χ2n) is 11.0. The van der Waals surface area contributed by atoms with Gasteiger partial charge in [0, 0.05) is 38.3 Å². The molecule has 198 valence electrons. The van der Waals surface area contributed by atoms with Crippen LogP contribution in [0.4, 0.5) is 5.69 Å². The number of nitrogens with zero attached hydrogens (tertiary/aromatic N) is 7. The van der Waals surface area contributed by atoms with E-state index in [0.717, 1.165) is 23.6 Å². The summed E-state index contributed by atoms with van der Waals surface area (Å²) in [4.78, 5) is 22.3. The fourth-order valence-corrected chi connectivity index (χ4v) is 5.58. The molecule has 1 saturated heterocycles. The standard InChI is InChI=1S/C28H33N7O3/c1-17-14-34(25-22(12-30)27(36)32(6)35-15-21(9-10-29)31-26(25)35)18(2)13-33(17)19(3)20-7-8-23-24(11-20)38-28(4,5)16-37-23/h7-8,11,15,17-19H,9,13-14,16H2,1-6H3/t17-,18+,19?/m1/s1. The van der Waals surface area contributed by atoms with Gasteiger partial charge in [-0.05, 0) is 52.3 Å². The predicted molar refractivity (Wildman–Crippen MR) is 142 cm³/mol. The lowest BCUT2D eigenvalue weighted by Crippen LogP contribution is -2.57. The molecule has 2 aromatic heterocycles. The fraction of sp³-hybridized carbons (Fsp3) is 0.500. The van der Waals surface area contributed by atoms with Gasteiger partial charge < -0.3 is 14.4 Å². The number of hydrogen-bond acceptors (Lipinski definition) is 8. The van der Waals surface area contributed by atoms with Crippen LogP contribution in [0, 0.1) is 22.7 Å². The van der Waals surface area contributed by atoms with E-state index in [2.05, 4.69) is 59.8 Å². The maximum atomic E-state index is 13.1. The summed E-state index contributed by atoms with van der Waals surface area (Å²) < 4.78 is 15.1. The Morgan fingerprint density at radius 2 is 1.95 bits per heavy atom. The van der Waals surface area contributed by atoms with Crippen molar-refractivity contribution in [3.05, 3.63) is 51.6 Å². The number of imidazole rings is 1. The van der Waals surface area contributed by atoms with Crippen LogP contribution < -0.4 is 19.9 Å². The molecule has 3 atom stereocenters. The van der Waals surface area contributed by atoms with E-state index in [0.29, 0.717) is 30.2 Å². The van der Waals surface area contributed by atoms with Crippen LogP contribution in [0.25, 0.3) is 5.65 Å². The molecule has 0 spiro atoms. The first-order chi connectivity index (χ1) is 18.0. The van der Waals surface area contributed by atoms with Gasteiger partial charge in [-0.3, -0.25) is 9.69 Å². The van der Waals surface area contributed by atoms with Gasteiger partial charge in [-0.15, -0.1) is 0 Å². The third-order valence-corrected chi connectivity index (χ3v) is 7.62. The number of ether oxygens (including phenoxy) is 2. The Morgan fingerprint density at radius 1 is 1.18 bits per heavy atom. The minimum Gasteiger partial charge on any atom is -0.486 e. The zero-order valence-corrected chi connectivity index (χ0v) is 22.7. The number of fused-ring (bicyclic) bond motifs is 2. The lowest BCUT2D eigenvalue weighted by atomic mass is 9.99. The number of nitriles is 2. The summed E-state index contributed by atoms with van der Waals surface area (Å²) in [5, 5.41) is 19.2. The SMILES string of the molecule is CC(c1ccc2c(c1)OC(C)(C)CO2)N1C[C@H](C)N(c2c(C#N)c(=O)n(C)n3cc(CC#N)nc23)C[C@H]1C. The van der Waals surface area contributed by atoms with Crippen LogP contribution in [0.5, 0.6) is 11.5 Å². The lowest BCUT2D eigenvalue weighted by molar-refractivity contribution is 0.0209. The number of aryl methyl sites for hydroxylation is 1. The number of anilines is 1. The predicted octanol–water partition coefficient (Wildman–Crippen LogP) is 3.18. The molecule has 10 heteroatoms. The van der Waals surface area contributed by atoms with Gasteiger partial charge in [0.05, 0.1) is 24.4 Å². The van der Waals surface area contributed by atoms with Crippen LogP contribution in [0.15, 0.2) is 29.2 Å². The van der Waals surface area contributed by atoms with Crippen molar-refractivity contribution in [2.45, 2.75) is 64.8 Å². The van der Waals surface area contributed by atoms with Gasteiger partial charge in [0.15, 0.2) is 17.1 Å². The van der Waals surface area contributed by atoms with Gasteiger partial charge in [-0.1, -0.05) is 6.07 Å². The van der Waals surface area contributed by atoms with Gasteiger partial charge in [-0.25, -0.2) is 14.2 Å². The maximum absolute atomic E-state index is 13.1. The van der Waals surface area contributed by atoms with E-state index in [1.54, 1.807) is 17.8 Å². The van der Waals surface area contributed by atoms with Gasteiger partial charge in [0.2, 0.25) is 0 Å². The molecule has 1 aromatic carbocycles. The summed E-state index contributed by atoms with van der Waals surface area (Å²) in [6.45, 7) is 12.3. The van der Waals surface area contributed by atoms with Crippen molar-refractivity contribution in [1.29, 1.82) is 10.5 Å². The van der Waals surface area contributed by atoms with Crippen molar-refractivity contribution in [2.24, 2.45) is 7.05 Å². The van der Waals surface area contributed by atoms with Crippen molar-refractivity contribution in [3.63, 3.8) is 0 Å². The summed E-state index contributed by atoms with van der Waals surface area (Å²) in [5.41, 5.74) is 2.07. The normalized spacial score (nSPS) is 21.6. The maximum Gasteiger partial charge on any atom is 0.285 e. The number of piperazine rings is 1. The smallest absolute Gasteiger partial charge is 0.285 e. The Hall–Kier alpha value is -4.02. The first-order valence-electron chi connectivity index (χ1n) is 12.9. The van der Waals surface area contributed by atoms with Gasteiger partial charge >= 0.3 is 0 Å². The zero-order valence-electron chi connectivity index (χ0n) is 22.7. The molecule has 0 radical (unpaired) electrons. The zero-order chi connectivity index (χ0) is 27.4. The molecule has 1 fully saturated rings. The van der Waals surface area contributed by atoms with Gasteiger partial charge in [-0.2, -0.15) is 10.5 Å². The topological polar surface area (TPSA) is 112 Å². The molecule has 3 aromatic rings. The average molecular weight is 516 g/mol. The van der Waals surface area contributed by atoms with Crippen LogP contribution in [0.1, 0.15) is 57.5 Å². The fourth-order valence-electron chi connectivity index (χ4n) is 5.58. The molecule has 0 N–H and O–H groups in total. The van der Waals surface area contributed by atoms with Crippen molar-refractivity contribution < 1.29 is 9.47 Å². The first-order valence-corrected chi connectivity index (χ1v) is 12.9. The quantitative estimate of drug-likeness (QED) is 0.521. The summed E-state index contributed by atoms with van der Waals surface area (Å²) in [6, 6.07) is 10.6. The van der Waals surface area contributed by atoms with Gasteiger partial charge in [0.25, 0.3) is 5.56 Å². The highest BCUT2D eigenvalue weighted by molar-refractivity contribution is 5.76. The molecule has 0 aliphatic carbocycles.